The Morgan fingerprint density at radius 1 is 1.21 bits per heavy atom. The first-order chi connectivity index (χ1) is 14.0. The number of oxazole rings is 1. The molecule has 29 heavy (non-hydrogen) atoms. The van der Waals surface area contributed by atoms with Gasteiger partial charge in [-0.05, 0) is 30.3 Å². The normalized spacial score (nSPS) is 12.7. The van der Waals surface area contributed by atoms with Crippen molar-refractivity contribution in [2.75, 3.05) is 17.2 Å². The molecule has 2 aromatic carbocycles. The lowest BCUT2D eigenvalue weighted by Gasteiger charge is -2.18. The number of hydrogen-bond acceptors (Lipinski definition) is 5. The summed E-state index contributed by atoms with van der Waals surface area (Å²) >= 11 is 0. The molecule has 0 saturated heterocycles. The predicted molar refractivity (Wildman–Crippen MR) is 99.4 cm³/mol. The number of anilines is 2. The maximum atomic E-state index is 13.8. The largest absolute Gasteiger partial charge is 0.482 e. The van der Waals surface area contributed by atoms with Gasteiger partial charge in [0.15, 0.2) is 18.3 Å². The van der Waals surface area contributed by atoms with E-state index in [9.17, 15) is 18.4 Å². The number of nitrogens with zero attached hydrogens (tertiary/aromatic N) is 1. The first-order valence-corrected chi connectivity index (χ1v) is 8.75. The van der Waals surface area contributed by atoms with Crippen LogP contribution in [-0.2, 0) is 16.0 Å². The zero-order valence-corrected chi connectivity index (χ0v) is 15.0. The molecule has 0 bridgehead atoms. The average Bonchev–Trinajstić information content (AvgIpc) is 3.14. The summed E-state index contributed by atoms with van der Waals surface area (Å²) in [6.45, 7) is -0.0480. The summed E-state index contributed by atoms with van der Waals surface area (Å²) in [7, 11) is 0. The number of hydrogen-bond donors (Lipinski definition) is 2. The molecule has 9 heteroatoms. The Morgan fingerprint density at radius 3 is 2.79 bits per heavy atom. The van der Waals surface area contributed by atoms with Crippen LogP contribution in [0.4, 0.5) is 20.2 Å². The third-order valence-electron chi connectivity index (χ3n) is 4.22. The van der Waals surface area contributed by atoms with Crippen LogP contribution in [0.25, 0.3) is 11.3 Å². The molecule has 0 saturated carbocycles. The van der Waals surface area contributed by atoms with Gasteiger partial charge in [-0.1, -0.05) is 6.07 Å². The standard InChI is InChI=1S/C20H15F2N3O4/c21-12-2-1-3-13(22)20(12)16-9-23-19(29-16)7-6-17(26)24-11-4-5-15-14(8-11)25-18(27)10-28-15/h1-5,8-9H,6-7,10H2,(H,24,26)(H,25,27). The zero-order valence-electron chi connectivity index (χ0n) is 15.0. The van der Waals surface area contributed by atoms with Crippen LogP contribution < -0.4 is 15.4 Å². The van der Waals surface area contributed by atoms with Gasteiger partial charge in [0.1, 0.15) is 17.4 Å². The number of nitrogens with one attached hydrogen (secondary N) is 2. The molecule has 7 nitrogen and oxygen atoms in total. The minimum atomic E-state index is -0.756. The van der Waals surface area contributed by atoms with E-state index in [1.54, 1.807) is 18.2 Å². The van der Waals surface area contributed by atoms with Crippen LogP contribution in [0, 0.1) is 11.6 Å². The fraction of sp³-hybridized carbons (Fsp3) is 0.150. The smallest absolute Gasteiger partial charge is 0.262 e. The molecule has 3 aromatic rings. The van der Waals surface area contributed by atoms with Gasteiger partial charge in [-0.25, -0.2) is 13.8 Å². The predicted octanol–water partition coefficient (Wildman–Crippen LogP) is 3.52. The third kappa shape index (κ3) is 4.08. The molecule has 1 aromatic heterocycles. The second-order valence-electron chi connectivity index (χ2n) is 6.31. The van der Waals surface area contributed by atoms with Gasteiger partial charge in [-0.15, -0.1) is 0 Å². The van der Waals surface area contributed by atoms with E-state index in [1.165, 1.54) is 12.3 Å². The van der Waals surface area contributed by atoms with Crippen LogP contribution in [0.5, 0.6) is 5.75 Å². The number of halogens is 2. The van der Waals surface area contributed by atoms with Gasteiger partial charge in [0.25, 0.3) is 5.91 Å². The van der Waals surface area contributed by atoms with Crippen LogP contribution in [0.15, 0.2) is 47.0 Å². The third-order valence-corrected chi connectivity index (χ3v) is 4.22. The quantitative estimate of drug-likeness (QED) is 0.685. The molecular weight excluding hydrogens is 384 g/mol. The van der Waals surface area contributed by atoms with Gasteiger partial charge in [0, 0.05) is 18.5 Å². The number of carbonyl (C=O) groups excluding carboxylic acids is 2. The van der Waals surface area contributed by atoms with E-state index in [1.807, 2.05) is 0 Å². The fourth-order valence-electron chi connectivity index (χ4n) is 2.88. The molecule has 0 spiro atoms. The number of fused-ring (bicyclic) bond motifs is 1. The fourth-order valence-corrected chi connectivity index (χ4v) is 2.88. The number of ether oxygens (including phenoxy) is 1. The highest BCUT2D eigenvalue weighted by atomic mass is 19.1. The van der Waals surface area contributed by atoms with Crippen LogP contribution >= 0.6 is 0 Å². The number of aryl methyl sites for hydroxylation is 1. The van der Waals surface area contributed by atoms with E-state index in [-0.39, 0.29) is 48.5 Å². The average molecular weight is 399 g/mol. The van der Waals surface area contributed by atoms with Crippen molar-refractivity contribution in [3.63, 3.8) is 0 Å². The van der Waals surface area contributed by atoms with Gasteiger partial charge in [-0.2, -0.15) is 0 Å². The monoisotopic (exact) mass is 399 g/mol. The molecule has 1 aliphatic heterocycles. The Morgan fingerprint density at radius 2 is 2.00 bits per heavy atom. The van der Waals surface area contributed by atoms with E-state index in [0.29, 0.717) is 17.1 Å². The molecule has 0 atom stereocenters. The molecular formula is C20H15F2N3O4. The maximum Gasteiger partial charge on any atom is 0.262 e. The Bertz CT molecular complexity index is 1080. The van der Waals surface area contributed by atoms with Crippen LogP contribution in [-0.4, -0.2) is 23.4 Å². The molecule has 2 N–H and O–H groups in total. The van der Waals surface area contributed by atoms with Gasteiger partial charge in [0.05, 0.1) is 17.4 Å². The molecule has 148 valence electrons. The summed E-state index contributed by atoms with van der Waals surface area (Å²) in [5.41, 5.74) is 0.665. The highest BCUT2D eigenvalue weighted by Gasteiger charge is 2.18. The number of rotatable bonds is 5. The summed E-state index contributed by atoms with van der Waals surface area (Å²) in [4.78, 5) is 27.5. The molecule has 2 amide bonds. The van der Waals surface area contributed by atoms with E-state index in [4.69, 9.17) is 9.15 Å². The maximum absolute atomic E-state index is 13.8. The Hall–Kier alpha value is -3.75. The Balaban J connectivity index is 1.38. The molecule has 0 aliphatic carbocycles. The van der Waals surface area contributed by atoms with Crippen molar-refractivity contribution in [1.82, 2.24) is 4.98 Å². The highest BCUT2D eigenvalue weighted by Crippen LogP contribution is 2.30. The second kappa shape index (κ2) is 7.70. The van der Waals surface area contributed by atoms with E-state index in [2.05, 4.69) is 15.6 Å². The number of benzene rings is 2. The van der Waals surface area contributed by atoms with Crippen molar-refractivity contribution < 1.29 is 27.5 Å². The lowest BCUT2D eigenvalue weighted by Crippen LogP contribution is -2.25. The molecule has 4 rings (SSSR count). The van der Waals surface area contributed by atoms with E-state index >= 15 is 0 Å². The minimum Gasteiger partial charge on any atom is -0.482 e. The second-order valence-corrected chi connectivity index (χ2v) is 6.31. The molecule has 0 unspecified atom stereocenters. The number of amides is 2. The van der Waals surface area contributed by atoms with Crippen LogP contribution in [0.2, 0.25) is 0 Å². The van der Waals surface area contributed by atoms with Crippen LogP contribution in [0.1, 0.15) is 12.3 Å². The van der Waals surface area contributed by atoms with Crippen molar-refractivity contribution >= 4 is 23.2 Å². The summed E-state index contributed by atoms with van der Waals surface area (Å²) in [5, 5.41) is 5.36. The molecule has 0 fully saturated rings. The lowest BCUT2D eigenvalue weighted by molar-refractivity contribution is -0.118. The molecule has 0 radical (unpaired) electrons. The number of carbonyl (C=O) groups is 2. The first-order valence-electron chi connectivity index (χ1n) is 8.75. The summed E-state index contributed by atoms with van der Waals surface area (Å²) < 4.78 is 38.3. The summed E-state index contributed by atoms with van der Waals surface area (Å²) in [6, 6.07) is 8.40. The zero-order chi connectivity index (χ0) is 20.4. The van der Waals surface area contributed by atoms with Gasteiger partial charge in [-0.3, -0.25) is 9.59 Å². The van der Waals surface area contributed by atoms with Gasteiger partial charge in [0.2, 0.25) is 5.91 Å². The first kappa shape index (κ1) is 18.6. The highest BCUT2D eigenvalue weighted by molar-refractivity contribution is 5.97. The molecule has 2 heterocycles. The molecule has 1 aliphatic rings. The lowest BCUT2D eigenvalue weighted by atomic mass is 10.1. The summed E-state index contributed by atoms with van der Waals surface area (Å²) in [6.07, 6.45) is 1.41. The van der Waals surface area contributed by atoms with Crippen molar-refractivity contribution in [3.8, 4) is 17.1 Å². The topological polar surface area (TPSA) is 93.5 Å². The van der Waals surface area contributed by atoms with Crippen molar-refractivity contribution in [1.29, 1.82) is 0 Å². The Kier molecular flexibility index (Phi) is 4.94. The van der Waals surface area contributed by atoms with Gasteiger partial charge >= 0.3 is 0 Å². The number of aromatic nitrogens is 1. The minimum absolute atomic E-state index is 0.0403. The van der Waals surface area contributed by atoms with Crippen LogP contribution in [0.3, 0.4) is 0 Å². The Labute approximate surface area is 163 Å². The van der Waals surface area contributed by atoms with E-state index in [0.717, 1.165) is 12.1 Å². The van der Waals surface area contributed by atoms with Crippen molar-refractivity contribution in [2.45, 2.75) is 12.8 Å². The SMILES string of the molecule is O=C(CCc1ncc(-c2c(F)cccc2F)o1)Nc1ccc2c(c1)NC(=O)CO2. The van der Waals surface area contributed by atoms with Crippen molar-refractivity contribution in [2.24, 2.45) is 0 Å². The summed E-state index contributed by atoms with van der Waals surface area (Å²) in [5.74, 6) is -1.43. The van der Waals surface area contributed by atoms with E-state index < -0.39 is 11.6 Å². The van der Waals surface area contributed by atoms with Gasteiger partial charge < -0.3 is 19.8 Å². The van der Waals surface area contributed by atoms with Crippen molar-refractivity contribution in [3.05, 3.63) is 60.1 Å².